The first-order chi connectivity index (χ1) is 45.6. The van der Waals surface area contributed by atoms with Gasteiger partial charge in [-0.1, -0.05) is 12.1 Å². The monoisotopic (exact) mass is 1540 g/mol. The van der Waals surface area contributed by atoms with Crippen molar-refractivity contribution < 1.29 is 81.0 Å². The predicted molar refractivity (Wildman–Crippen MR) is 396 cm³/mol. The predicted octanol–water partition coefficient (Wildman–Crippen LogP) is 14.1. The topological polar surface area (TPSA) is 241 Å². The van der Waals surface area contributed by atoms with Gasteiger partial charge in [0.15, 0.2) is 66.5 Å². The van der Waals surface area contributed by atoms with Crippen molar-refractivity contribution in [2.24, 2.45) is 94.7 Å². The van der Waals surface area contributed by atoms with E-state index in [4.69, 9.17) is 29.4 Å². The Hall–Kier alpha value is -3.72. The van der Waals surface area contributed by atoms with Gasteiger partial charge in [-0.05, 0) is 288 Å². The van der Waals surface area contributed by atoms with Crippen molar-refractivity contribution in [2.45, 2.75) is 210 Å². The SMILES string of the molecule is C[Si](C)(C)O[Si](C)(C)C1CC2CC1C1C(=O)N(c3cccc(N4C(=O)C5C6CC(C5C4=O)C([Si](C)(C)O[Si](C)(C)C)C6)c3)C(=O)C21.C[Si](C)(C)O[Si](C)(C)C1CC2CC1C1C(=O)N(c3cccc(N4C(=O)C5C6CC(C5C4=O)C([Si](C)(C)O[Si](C)(C)C)C6)c3)C(=O)C21.O=S(=O)(O)C(F)(F)F. The summed E-state index contributed by atoms with van der Waals surface area (Å²) in [6, 6.07) is 14.1. The fourth-order valence-electron chi connectivity index (χ4n) is 23.1. The molecule has 8 aliphatic carbocycles. The molecule has 8 bridgehead atoms. The van der Waals surface area contributed by atoms with Gasteiger partial charge in [0, 0.05) is 0 Å². The van der Waals surface area contributed by atoms with Gasteiger partial charge in [-0.25, -0.2) is 19.6 Å². The first-order valence-electron chi connectivity index (χ1n) is 36.2. The number of amides is 8. The maximum atomic E-state index is 14.1. The molecule has 100 heavy (non-hydrogen) atoms. The minimum absolute atomic E-state index is 0.116. The Labute approximate surface area is 596 Å². The van der Waals surface area contributed by atoms with Gasteiger partial charge in [-0.2, -0.15) is 21.6 Å². The number of benzene rings is 2. The minimum atomic E-state index is -5.84. The highest BCUT2D eigenvalue weighted by molar-refractivity contribution is 7.86. The highest BCUT2D eigenvalue weighted by atomic mass is 32.2. The maximum absolute atomic E-state index is 14.1. The third kappa shape index (κ3) is 13.2. The van der Waals surface area contributed by atoms with Gasteiger partial charge in [0.2, 0.25) is 47.3 Å². The van der Waals surface area contributed by atoms with E-state index in [1.54, 1.807) is 48.5 Å². The fourth-order valence-corrected chi connectivity index (χ4v) is 59.7. The van der Waals surface area contributed by atoms with E-state index in [1.165, 1.54) is 19.6 Å². The van der Waals surface area contributed by atoms with Gasteiger partial charge in [-0.15, -0.1) is 0 Å². The van der Waals surface area contributed by atoms with E-state index in [2.05, 4.69) is 131 Å². The molecule has 0 radical (unpaired) electrons. The summed E-state index contributed by atoms with van der Waals surface area (Å²) in [5.41, 5.74) is -2.15. The van der Waals surface area contributed by atoms with Crippen LogP contribution in [0.5, 0.6) is 0 Å². The largest absolute Gasteiger partial charge is 0.522 e. The molecule has 4 aliphatic heterocycles. The number of halogens is 3. The van der Waals surface area contributed by atoms with Crippen molar-refractivity contribution >= 4 is 147 Å². The molecule has 12 fully saturated rings. The van der Waals surface area contributed by atoms with Gasteiger partial charge in [0.25, 0.3) is 0 Å². The first-order valence-corrected chi connectivity index (χ1v) is 63.2. The number of fused-ring (bicyclic) bond motifs is 20. The average molecular weight is 1540 g/mol. The Kier molecular flexibility index (Phi) is 18.9. The Morgan fingerprint density at radius 1 is 0.340 bits per heavy atom. The van der Waals surface area contributed by atoms with Crippen molar-refractivity contribution in [3.05, 3.63) is 48.5 Å². The third-order valence-corrected chi connectivity index (χ3v) is 53.5. The molecule has 550 valence electrons. The van der Waals surface area contributed by atoms with E-state index in [1.807, 2.05) is 0 Å². The molecule has 20 unspecified atom stereocenters. The molecule has 0 spiro atoms. The molecule has 2 aromatic rings. The molecule has 8 saturated carbocycles. The summed E-state index contributed by atoms with van der Waals surface area (Å²) in [6.07, 6.45) is 7.60. The van der Waals surface area contributed by atoms with E-state index < -0.39 is 82.2 Å². The van der Waals surface area contributed by atoms with Gasteiger partial charge >= 0.3 is 15.6 Å². The van der Waals surface area contributed by atoms with Crippen molar-refractivity contribution in [3.63, 3.8) is 0 Å². The van der Waals surface area contributed by atoms with E-state index >= 15 is 0 Å². The summed E-state index contributed by atoms with van der Waals surface area (Å²) >= 11 is 0. The zero-order valence-corrected chi connectivity index (χ0v) is 70.6. The number of imide groups is 4. The summed E-state index contributed by atoms with van der Waals surface area (Å²) in [7, 11) is -21.1. The van der Waals surface area contributed by atoms with Crippen LogP contribution in [0.4, 0.5) is 35.9 Å². The Morgan fingerprint density at radius 3 is 0.670 bits per heavy atom. The van der Waals surface area contributed by atoms with Crippen LogP contribution in [0, 0.1) is 94.7 Å². The van der Waals surface area contributed by atoms with Crippen LogP contribution in [-0.4, -0.2) is 132 Å². The second-order valence-electron chi connectivity index (χ2n) is 37.5. The summed E-state index contributed by atoms with van der Waals surface area (Å²) in [5.74, 6) is -1.67. The fraction of sp³-hybridized carbons (Fsp3) is 0.710. The van der Waals surface area contributed by atoms with Crippen LogP contribution < -0.4 is 19.6 Å². The molecular formula is C69H105F3N4O15SSi8. The second-order valence-corrected chi connectivity index (χ2v) is 74.9. The highest BCUT2D eigenvalue weighted by Gasteiger charge is 2.71. The normalized spacial score (nSPS) is 35.4. The van der Waals surface area contributed by atoms with Crippen molar-refractivity contribution in [2.75, 3.05) is 19.6 Å². The summed E-state index contributed by atoms with van der Waals surface area (Å²) in [4.78, 5) is 118. The zero-order valence-electron chi connectivity index (χ0n) is 61.8. The number of carbonyl (C=O) groups is 8. The summed E-state index contributed by atoms with van der Waals surface area (Å²) < 4.78 is 84.6. The zero-order chi connectivity index (χ0) is 73.9. The number of alkyl halides is 3. The van der Waals surface area contributed by atoms with Crippen molar-refractivity contribution in [3.8, 4) is 0 Å². The molecular weight excluding hydrogens is 1440 g/mol. The van der Waals surface area contributed by atoms with Crippen molar-refractivity contribution in [1.82, 2.24) is 0 Å². The van der Waals surface area contributed by atoms with Crippen LogP contribution in [0.15, 0.2) is 48.5 Å². The van der Waals surface area contributed by atoms with Crippen LogP contribution >= 0.6 is 0 Å². The number of hydrogen-bond donors (Lipinski definition) is 1. The lowest BCUT2D eigenvalue weighted by molar-refractivity contribution is -0.124. The quantitative estimate of drug-likeness (QED) is 0.0711. The van der Waals surface area contributed by atoms with E-state index in [0.29, 0.717) is 44.9 Å². The number of hydrogen-bond acceptors (Lipinski definition) is 14. The van der Waals surface area contributed by atoms with Crippen LogP contribution in [-0.2, 0) is 64.9 Å². The van der Waals surface area contributed by atoms with Crippen LogP contribution in [0.25, 0.3) is 0 Å². The molecule has 4 heterocycles. The summed E-state index contributed by atoms with van der Waals surface area (Å²) in [6.45, 7) is 45.1. The van der Waals surface area contributed by atoms with Gasteiger partial charge in [0.05, 0.1) is 70.1 Å². The van der Waals surface area contributed by atoms with E-state index in [0.717, 1.165) is 51.4 Å². The molecule has 20 atom stereocenters. The van der Waals surface area contributed by atoms with Crippen LogP contribution in [0.1, 0.15) is 51.4 Å². The molecule has 31 heteroatoms. The molecule has 14 rings (SSSR count). The molecule has 0 aromatic heterocycles. The smallest absolute Gasteiger partial charge is 0.455 e. The van der Waals surface area contributed by atoms with Gasteiger partial charge < -0.3 is 16.5 Å². The number of carbonyl (C=O) groups excluding carboxylic acids is 8. The lowest BCUT2D eigenvalue weighted by Gasteiger charge is -2.41. The highest BCUT2D eigenvalue weighted by Crippen LogP contribution is 2.68. The Balaban J connectivity index is 0.000000171. The molecule has 8 amide bonds. The van der Waals surface area contributed by atoms with Crippen LogP contribution in [0.2, 0.25) is 153 Å². The standard InChI is InChI=1S/2C34H52N2O6Si4.CHF3O3S/c2*1-43(2,3)41-45(7,8)25-16-19-14-23(25)29-27(19)31(37)35(33(29)39)21-12-11-13-22(18-21)36-32(38)28-20-15-24(30(28)34(36)40)26(17-20)46(9,10)42-44(4,5)6;2-1(3,4)8(5,6)7/h2*11-13,18-20,23-30H,14-17H2,1-10H3;(H,5,6,7). The average Bonchev–Trinajstić information content (AvgIpc) is 1.57. The molecule has 2 aromatic carbocycles. The number of anilines is 4. The maximum Gasteiger partial charge on any atom is 0.522 e. The third-order valence-electron chi connectivity index (χ3n) is 24.9. The van der Waals surface area contributed by atoms with Gasteiger partial charge in [0.1, 0.15) is 0 Å². The number of nitrogens with zero attached hydrogens (tertiary/aromatic N) is 4. The number of rotatable bonds is 16. The Morgan fingerprint density at radius 2 is 0.510 bits per heavy atom. The van der Waals surface area contributed by atoms with Gasteiger partial charge in [-0.3, -0.25) is 42.9 Å². The lowest BCUT2D eigenvalue weighted by atomic mass is 9.81. The Bertz CT molecular complexity index is 3440. The molecule has 4 saturated heterocycles. The minimum Gasteiger partial charge on any atom is -0.455 e. The van der Waals surface area contributed by atoms with E-state index in [-0.39, 0.29) is 142 Å². The second kappa shape index (κ2) is 24.9. The first kappa shape index (κ1) is 75.9. The van der Waals surface area contributed by atoms with E-state index in [9.17, 15) is 51.5 Å². The lowest BCUT2D eigenvalue weighted by Crippen LogP contribution is -2.49. The van der Waals surface area contributed by atoms with Crippen LogP contribution in [0.3, 0.4) is 0 Å². The van der Waals surface area contributed by atoms with Crippen molar-refractivity contribution in [1.29, 1.82) is 0 Å². The molecule has 12 aliphatic rings. The molecule has 19 nitrogen and oxygen atoms in total. The molecule has 1 N–H and O–H groups in total. The summed E-state index contributed by atoms with van der Waals surface area (Å²) in [5, 5.41) is 0.